The fourth-order valence-electron chi connectivity index (χ4n) is 5.28. The number of hydrogen-bond donors (Lipinski definition) is 0. The van der Waals surface area contributed by atoms with Crippen LogP contribution in [0.15, 0.2) is 76.6 Å². The van der Waals surface area contributed by atoms with Crippen molar-refractivity contribution in [2.24, 2.45) is 0 Å². The minimum Gasteiger partial charge on any atom is -0.336 e. The smallest absolute Gasteiger partial charge is 0.336 e. The molecule has 0 spiro atoms. The number of likely N-dealkylation sites (N-methyl/N-ethyl adjacent to an activating group) is 1. The van der Waals surface area contributed by atoms with E-state index in [4.69, 9.17) is 6.85 Å². The molecule has 11 heteroatoms. The van der Waals surface area contributed by atoms with Crippen LogP contribution in [-0.2, 0) is 42.5 Å². The Kier molecular flexibility index (Phi) is 8.10. The molecule has 0 bridgehead atoms. The van der Waals surface area contributed by atoms with E-state index in [1.165, 1.54) is 19.1 Å². The van der Waals surface area contributed by atoms with Crippen LogP contribution < -0.4 is 5.56 Å². The van der Waals surface area contributed by atoms with E-state index in [1.54, 1.807) is 0 Å². The third-order valence-corrected chi connectivity index (χ3v) is 8.74. The Labute approximate surface area is 295 Å². The van der Waals surface area contributed by atoms with Crippen LogP contribution in [0.25, 0.3) is 11.1 Å². The molecule has 0 aliphatic heterocycles. The van der Waals surface area contributed by atoms with Gasteiger partial charge in [0, 0.05) is 39.3 Å². The molecule has 1 heterocycles. The van der Waals surface area contributed by atoms with Crippen molar-refractivity contribution in [1.29, 1.82) is 0 Å². The molecular formula is C37H40F4N4O2S. The lowest BCUT2D eigenvalue weighted by atomic mass is 9.97. The summed E-state index contributed by atoms with van der Waals surface area (Å²) in [5.74, 6) is -2.15. The summed E-state index contributed by atoms with van der Waals surface area (Å²) in [6.45, 7) is -1.04. The lowest BCUT2D eigenvalue weighted by molar-refractivity contribution is -0.137. The number of rotatable bonds is 13. The van der Waals surface area contributed by atoms with Gasteiger partial charge in [0.1, 0.15) is 12.3 Å². The Morgan fingerprint density at radius 2 is 1.73 bits per heavy atom. The zero-order chi connectivity index (χ0) is 42.4. The van der Waals surface area contributed by atoms with Gasteiger partial charge in [0.05, 0.1) is 15.2 Å². The molecular weight excluding hydrogens is 640 g/mol. The number of thioether (sulfide) groups is 1. The second-order valence-corrected chi connectivity index (χ2v) is 11.8. The first-order valence-electron chi connectivity index (χ1n) is 19.9. The van der Waals surface area contributed by atoms with Crippen LogP contribution in [-0.4, -0.2) is 51.4 Å². The molecule has 1 amide bonds. The van der Waals surface area contributed by atoms with Crippen molar-refractivity contribution in [1.82, 2.24) is 19.4 Å². The number of halogens is 4. The minimum absolute atomic E-state index is 0.000591. The normalized spacial score (nSPS) is 16.5. The van der Waals surface area contributed by atoms with Gasteiger partial charge < -0.3 is 14.4 Å². The number of aromatic nitrogens is 2. The molecule has 0 atom stereocenters. The Morgan fingerprint density at radius 1 is 1.02 bits per heavy atom. The van der Waals surface area contributed by atoms with Gasteiger partial charge in [-0.05, 0) is 91.4 Å². The highest BCUT2D eigenvalue weighted by Crippen LogP contribution is 2.32. The topological polar surface area (TPSA) is 58.4 Å². The molecule has 0 saturated carbocycles. The van der Waals surface area contributed by atoms with Crippen LogP contribution >= 0.6 is 11.8 Å². The third kappa shape index (κ3) is 8.54. The molecule has 4 aromatic rings. The number of benzene rings is 3. The van der Waals surface area contributed by atoms with E-state index in [-0.39, 0.29) is 52.9 Å². The second kappa shape index (κ2) is 15.5. The Hall–Kier alpha value is -3.96. The van der Waals surface area contributed by atoms with Crippen molar-refractivity contribution >= 4 is 17.7 Å². The Bertz CT molecular complexity index is 2190. The number of carbonyl (C=O) groups excluding carboxylic acids is 1. The van der Waals surface area contributed by atoms with Crippen molar-refractivity contribution in [2.45, 2.75) is 70.1 Å². The van der Waals surface area contributed by atoms with Crippen LogP contribution in [0, 0.1) is 12.7 Å². The van der Waals surface area contributed by atoms with E-state index >= 15 is 0 Å². The van der Waals surface area contributed by atoms with Gasteiger partial charge in [-0.1, -0.05) is 68.0 Å². The van der Waals surface area contributed by atoms with E-state index in [0.29, 0.717) is 36.2 Å². The molecule has 3 aromatic carbocycles. The fourth-order valence-corrected chi connectivity index (χ4v) is 6.00. The number of fused-ring (bicyclic) bond motifs is 1. The molecule has 0 fully saturated rings. The van der Waals surface area contributed by atoms with Crippen LogP contribution in [0.2, 0.25) is 0 Å². The summed E-state index contributed by atoms with van der Waals surface area (Å²) in [7, 11) is 0. The largest absolute Gasteiger partial charge is 0.416 e. The molecule has 0 saturated heterocycles. The maximum atomic E-state index is 14.8. The van der Waals surface area contributed by atoms with Crippen molar-refractivity contribution in [3.8, 4) is 11.1 Å². The summed E-state index contributed by atoms with van der Waals surface area (Å²) in [5.41, 5.74) is -4.90. The molecule has 6 nitrogen and oxygen atoms in total. The molecule has 0 radical (unpaired) electrons. The molecule has 5 rings (SSSR count). The van der Waals surface area contributed by atoms with Crippen molar-refractivity contribution < 1.29 is 34.7 Å². The predicted octanol–water partition coefficient (Wildman–Crippen LogP) is 7.53. The second-order valence-electron chi connectivity index (χ2n) is 11.1. The lowest BCUT2D eigenvalue weighted by Gasteiger charge is -2.28. The van der Waals surface area contributed by atoms with E-state index in [9.17, 15) is 32.6 Å². The molecule has 0 N–H and O–H groups in total. The van der Waals surface area contributed by atoms with E-state index in [0.717, 1.165) is 41.0 Å². The standard InChI is InChI=1S/C37H40F4N4O2S/c1-4-43(5-2)19-20-44(22-27-11-18-31(25(3)21-27)28-12-14-29(15-13-28)37(39,40)41)34(46)23-45-33-8-6-7-32(33)35(47)42-36(45)48-24-26-9-16-30(38)17-10-26/h9-18,21H,4-8,19-20,22-24H2,1-3H3/i11D,18D,21D,22D2,23D2,24D2. The summed E-state index contributed by atoms with van der Waals surface area (Å²) < 4.78 is 136. The quantitative estimate of drug-likeness (QED) is 0.0826. The van der Waals surface area contributed by atoms with Crippen LogP contribution in [0.3, 0.4) is 0 Å². The average Bonchev–Trinajstić information content (AvgIpc) is 3.62. The summed E-state index contributed by atoms with van der Waals surface area (Å²) >= 11 is 0.310. The van der Waals surface area contributed by atoms with E-state index in [2.05, 4.69) is 4.98 Å². The summed E-state index contributed by atoms with van der Waals surface area (Å²) in [6, 6.07) is 6.00. The number of carbonyl (C=O) groups is 1. The zero-order valence-corrected chi connectivity index (χ0v) is 27.4. The van der Waals surface area contributed by atoms with E-state index < -0.39 is 83.1 Å². The highest BCUT2D eigenvalue weighted by molar-refractivity contribution is 7.98. The molecule has 0 unspecified atom stereocenters. The first-order chi connectivity index (χ1) is 26.5. The Balaban J connectivity index is 1.67. The van der Waals surface area contributed by atoms with Gasteiger partial charge in [-0.25, -0.2) is 4.39 Å². The lowest BCUT2D eigenvalue weighted by Crippen LogP contribution is -2.40. The van der Waals surface area contributed by atoms with Gasteiger partial charge in [0.2, 0.25) is 5.91 Å². The zero-order valence-electron chi connectivity index (χ0n) is 35.6. The fraction of sp³-hybridized carbons (Fsp3) is 0.378. The van der Waals surface area contributed by atoms with Crippen molar-refractivity contribution in [2.75, 3.05) is 26.2 Å². The predicted molar refractivity (Wildman–Crippen MR) is 181 cm³/mol. The highest BCUT2D eigenvalue weighted by Gasteiger charge is 2.30. The monoisotopic (exact) mass is 689 g/mol. The van der Waals surface area contributed by atoms with Gasteiger partial charge in [0.25, 0.3) is 5.56 Å². The van der Waals surface area contributed by atoms with Gasteiger partial charge in [-0.2, -0.15) is 18.2 Å². The highest BCUT2D eigenvalue weighted by atomic mass is 32.2. The summed E-state index contributed by atoms with van der Waals surface area (Å²) in [4.78, 5) is 34.4. The van der Waals surface area contributed by atoms with Crippen LogP contribution in [0.1, 0.15) is 66.1 Å². The van der Waals surface area contributed by atoms with Gasteiger partial charge in [-0.3, -0.25) is 9.59 Å². The number of alkyl halides is 3. The number of hydrogen-bond acceptors (Lipinski definition) is 5. The maximum absolute atomic E-state index is 14.8. The number of nitrogens with zero attached hydrogens (tertiary/aromatic N) is 4. The summed E-state index contributed by atoms with van der Waals surface area (Å²) in [5, 5.41) is -0.537. The molecule has 1 aliphatic carbocycles. The van der Waals surface area contributed by atoms with Crippen LogP contribution in [0.5, 0.6) is 0 Å². The maximum Gasteiger partial charge on any atom is 0.416 e. The number of amides is 1. The van der Waals surface area contributed by atoms with Crippen molar-refractivity contribution in [3.63, 3.8) is 0 Å². The first kappa shape index (κ1) is 25.1. The molecule has 1 aliphatic rings. The molecule has 254 valence electrons. The van der Waals surface area contributed by atoms with Gasteiger partial charge in [-0.15, -0.1) is 0 Å². The average molecular weight is 690 g/mol. The summed E-state index contributed by atoms with van der Waals surface area (Å²) in [6.07, 6.45) is -3.98. The SMILES string of the molecule is [2H]c1c([2H])c(C([2H])([2H])N(CCN(CC)CC)C(=O)C([2H])([2H])n2c(SC([2H])([2H])c3ccc(F)cc3)nc(=O)c3c2CCC3)c([2H])c(C)c1-c1ccc(C(F)(F)F)cc1. The first-order valence-corrected chi connectivity index (χ1v) is 16.2. The third-order valence-electron chi connectivity index (χ3n) is 7.94. The molecule has 48 heavy (non-hydrogen) atoms. The van der Waals surface area contributed by atoms with Gasteiger partial charge >= 0.3 is 6.18 Å². The van der Waals surface area contributed by atoms with Crippen LogP contribution in [0.4, 0.5) is 17.6 Å². The molecule has 1 aromatic heterocycles. The van der Waals surface area contributed by atoms with E-state index in [1.807, 2.05) is 18.7 Å². The van der Waals surface area contributed by atoms with Crippen molar-refractivity contribution in [3.05, 3.63) is 116 Å². The minimum atomic E-state index is -4.65. The Morgan fingerprint density at radius 3 is 2.40 bits per heavy atom. The van der Waals surface area contributed by atoms with Gasteiger partial charge in [0.15, 0.2) is 5.16 Å².